The molecule has 0 radical (unpaired) electrons. The summed E-state index contributed by atoms with van der Waals surface area (Å²) < 4.78 is 1.70. The van der Waals surface area contributed by atoms with E-state index in [-0.39, 0.29) is 22.6 Å². The van der Waals surface area contributed by atoms with Crippen LogP contribution < -0.4 is 5.56 Å². The van der Waals surface area contributed by atoms with Gasteiger partial charge in [-0.1, -0.05) is 37.3 Å². The normalized spacial score (nSPS) is 10.9. The summed E-state index contributed by atoms with van der Waals surface area (Å²) in [6, 6.07) is 10.3. The average molecular weight is 357 g/mol. The number of pyridine rings is 1. The van der Waals surface area contributed by atoms with Crippen molar-refractivity contribution >= 4 is 33.2 Å². The molecule has 0 aliphatic carbocycles. The third kappa shape index (κ3) is 2.94. The van der Waals surface area contributed by atoms with Crippen molar-refractivity contribution in [2.75, 3.05) is 0 Å². The topological polar surface area (TPSA) is 96.6 Å². The minimum atomic E-state index is -1.29. The fraction of sp³-hybridized carbons (Fsp3) is 0.167. The van der Waals surface area contributed by atoms with Gasteiger partial charge >= 0.3 is 5.97 Å². The minimum Gasteiger partial charge on any atom is -0.505 e. The molecule has 6 nitrogen and oxygen atoms in total. The Morgan fingerprint density at radius 2 is 1.88 bits per heavy atom. The van der Waals surface area contributed by atoms with Gasteiger partial charge in [0.2, 0.25) is 0 Å². The van der Waals surface area contributed by atoms with Crippen LogP contribution in [0.5, 0.6) is 5.75 Å². The lowest BCUT2D eigenvalue weighted by atomic mass is 10.1. The van der Waals surface area contributed by atoms with Crippen LogP contribution in [0.15, 0.2) is 41.2 Å². The highest BCUT2D eigenvalue weighted by atomic mass is 32.1. The van der Waals surface area contributed by atoms with E-state index in [0.717, 1.165) is 11.3 Å². The van der Waals surface area contributed by atoms with E-state index in [1.54, 1.807) is 36.4 Å². The highest BCUT2D eigenvalue weighted by molar-refractivity contribution is 7.21. The fourth-order valence-electron chi connectivity index (χ4n) is 2.71. The quantitative estimate of drug-likeness (QED) is 0.685. The van der Waals surface area contributed by atoms with Gasteiger partial charge in [0.1, 0.15) is 5.39 Å². The van der Waals surface area contributed by atoms with Crippen molar-refractivity contribution in [2.45, 2.75) is 19.9 Å². The second kappa shape index (κ2) is 6.52. The molecule has 0 unspecified atom stereocenters. The van der Waals surface area contributed by atoms with E-state index in [0.29, 0.717) is 22.4 Å². The number of carboxylic acid groups (broad SMARTS) is 1. The van der Waals surface area contributed by atoms with E-state index in [1.165, 1.54) is 4.57 Å². The van der Waals surface area contributed by atoms with E-state index in [4.69, 9.17) is 5.11 Å². The van der Waals surface area contributed by atoms with Crippen molar-refractivity contribution < 1.29 is 19.8 Å². The molecule has 3 aromatic rings. The molecule has 0 bridgehead atoms. The Morgan fingerprint density at radius 3 is 2.48 bits per heavy atom. The van der Waals surface area contributed by atoms with Crippen LogP contribution in [-0.4, -0.2) is 26.5 Å². The number of aromatic hydroxyl groups is 1. The zero-order valence-corrected chi connectivity index (χ0v) is 14.2. The maximum Gasteiger partial charge on any atom is 0.349 e. The van der Waals surface area contributed by atoms with Crippen molar-refractivity contribution in [1.82, 2.24) is 4.57 Å². The van der Waals surface area contributed by atoms with Gasteiger partial charge in [0.15, 0.2) is 16.4 Å². The first-order valence-corrected chi connectivity index (χ1v) is 8.45. The van der Waals surface area contributed by atoms with Crippen LogP contribution in [0, 0.1) is 0 Å². The van der Waals surface area contributed by atoms with Crippen LogP contribution in [0.3, 0.4) is 0 Å². The lowest BCUT2D eigenvalue weighted by Gasteiger charge is -2.11. The predicted octanol–water partition coefficient (Wildman–Crippen LogP) is 2.91. The van der Waals surface area contributed by atoms with Crippen molar-refractivity contribution in [3.8, 4) is 5.75 Å². The number of aromatic nitrogens is 1. The zero-order valence-electron chi connectivity index (χ0n) is 13.4. The molecule has 2 heterocycles. The Morgan fingerprint density at radius 1 is 1.20 bits per heavy atom. The van der Waals surface area contributed by atoms with Crippen molar-refractivity contribution in [1.29, 1.82) is 0 Å². The molecule has 0 aliphatic rings. The molecule has 2 aromatic heterocycles. The van der Waals surface area contributed by atoms with Crippen molar-refractivity contribution in [3.05, 3.63) is 62.9 Å². The highest BCUT2D eigenvalue weighted by Gasteiger charge is 2.22. The Balaban J connectivity index is 2.16. The Kier molecular flexibility index (Phi) is 4.41. The molecule has 0 amide bonds. The Hall–Kier alpha value is -2.93. The number of nitrogens with zero attached hydrogens (tertiary/aromatic N) is 1. The number of rotatable bonds is 5. The van der Waals surface area contributed by atoms with Gasteiger partial charge in [0, 0.05) is 16.0 Å². The van der Waals surface area contributed by atoms with Crippen LogP contribution in [0.2, 0.25) is 0 Å². The molecule has 0 saturated heterocycles. The number of carbonyl (C=O) groups is 2. The van der Waals surface area contributed by atoms with E-state index < -0.39 is 17.3 Å². The van der Waals surface area contributed by atoms with Crippen molar-refractivity contribution in [3.63, 3.8) is 0 Å². The van der Waals surface area contributed by atoms with Gasteiger partial charge in [-0.05, 0) is 12.5 Å². The van der Waals surface area contributed by atoms with Gasteiger partial charge in [0.25, 0.3) is 5.56 Å². The zero-order chi connectivity index (χ0) is 18.1. The molecule has 128 valence electrons. The predicted molar refractivity (Wildman–Crippen MR) is 94.9 cm³/mol. The number of ketones is 1. The number of carboxylic acids is 1. The molecule has 0 aliphatic heterocycles. The van der Waals surface area contributed by atoms with Crippen LogP contribution >= 0.6 is 11.3 Å². The van der Waals surface area contributed by atoms with Gasteiger partial charge in [-0.15, -0.1) is 11.3 Å². The first kappa shape index (κ1) is 16.9. The number of hydrogen-bond donors (Lipinski definition) is 2. The highest BCUT2D eigenvalue weighted by Crippen LogP contribution is 2.35. The van der Waals surface area contributed by atoms with Crippen LogP contribution in [0.25, 0.3) is 10.1 Å². The number of hydrogen-bond acceptors (Lipinski definition) is 5. The number of Topliss-reactive ketones (excluding diaryl/α,β-unsaturated/α-hetero) is 1. The standard InChI is InChI=1S/C18H15NO5S/c1-2-11-8-13-14(15(21)16(25-13)18(23)24)17(22)19(11)9-12(20)10-6-4-3-5-7-10/h3-8,21H,2,9H2,1H3,(H,23,24). The summed E-state index contributed by atoms with van der Waals surface area (Å²) in [6.45, 7) is 1.68. The first-order chi connectivity index (χ1) is 11.9. The largest absolute Gasteiger partial charge is 0.505 e. The molecule has 3 rings (SSSR count). The van der Waals surface area contributed by atoms with Crippen molar-refractivity contribution in [2.24, 2.45) is 0 Å². The SMILES string of the molecule is CCc1cc2sc(C(=O)O)c(O)c2c(=O)n1CC(=O)c1ccccc1. The third-order valence-corrected chi connectivity index (χ3v) is 5.08. The van der Waals surface area contributed by atoms with Gasteiger partial charge in [-0.2, -0.15) is 0 Å². The number of aryl methyl sites for hydroxylation is 1. The number of carbonyl (C=O) groups excluding carboxylic acids is 1. The average Bonchev–Trinajstić information content (AvgIpc) is 2.94. The lowest BCUT2D eigenvalue weighted by Crippen LogP contribution is -2.27. The Bertz CT molecular complexity index is 1030. The molecule has 0 spiro atoms. The maximum absolute atomic E-state index is 12.8. The molecule has 2 N–H and O–H groups in total. The molecular formula is C18H15NO5S. The second-order valence-corrected chi connectivity index (χ2v) is 6.55. The summed E-state index contributed by atoms with van der Waals surface area (Å²) in [7, 11) is 0. The summed E-state index contributed by atoms with van der Waals surface area (Å²) in [5, 5.41) is 19.2. The van der Waals surface area contributed by atoms with Gasteiger partial charge < -0.3 is 14.8 Å². The molecule has 0 atom stereocenters. The number of fused-ring (bicyclic) bond motifs is 1. The molecular weight excluding hydrogens is 342 g/mol. The smallest absolute Gasteiger partial charge is 0.349 e. The van der Waals surface area contributed by atoms with E-state index in [9.17, 15) is 19.5 Å². The van der Waals surface area contributed by atoms with Gasteiger partial charge in [-0.25, -0.2) is 4.79 Å². The summed E-state index contributed by atoms with van der Waals surface area (Å²) in [5.74, 6) is -2.06. The first-order valence-electron chi connectivity index (χ1n) is 7.63. The number of benzene rings is 1. The van der Waals surface area contributed by atoms with Crippen LogP contribution in [0.1, 0.15) is 32.6 Å². The van der Waals surface area contributed by atoms with Crippen LogP contribution in [0.4, 0.5) is 0 Å². The van der Waals surface area contributed by atoms with Crippen LogP contribution in [-0.2, 0) is 13.0 Å². The third-order valence-electron chi connectivity index (χ3n) is 3.97. The minimum absolute atomic E-state index is 0.0551. The molecule has 25 heavy (non-hydrogen) atoms. The monoisotopic (exact) mass is 357 g/mol. The summed E-state index contributed by atoms with van der Waals surface area (Å²) in [4.78, 5) is 36.2. The molecule has 7 heteroatoms. The molecule has 1 aromatic carbocycles. The Labute approximate surface area is 146 Å². The van der Waals surface area contributed by atoms with E-state index >= 15 is 0 Å². The number of aromatic carboxylic acids is 1. The molecule has 0 fully saturated rings. The number of thiophene rings is 1. The molecule has 0 saturated carbocycles. The lowest BCUT2D eigenvalue weighted by molar-refractivity contribution is 0.0699. The second-order valence-electron chi connectivity index (χ2n) is 5.49. The summed E-state index contributed by atoms with van der Waals surface area (Å²) in [5.41, 5.74) is 0.539. The van der Waals surface area contributed by atoms with E-state index in [1.807, 2.05) is 6.92 Å². The maximum atomic E-state index is 12.8. The fourth-order valence-corrected chi connectivity index (χ4v) is 3.70. The van der Waals surface area contributed by atoms with Gasteiger partial charge in [0.05, 0.1) is 6.54 Å². The van der Waals surface area contributed by atoms with Gasteiger partial charge in [-0.3, -0.25) is 9.59 Å². The summed E-state index contributed by atoms with van der Waals surface area (Å²) >= 11 is 0.852. The summed E-state index contributed by atoms with van der Waals surface area (Å²) in [6.07, 6.45) is 0.494. The van der Waals surface area contributed by atoms with E-state index in [2.05, 4.69) is 0 Å².